The number of benzene rings is 1. The number of amides is 1. The Morgan fingerprint density at radius 1 is 1.31 bits per heavy atom. The highest BCUT2D eigenvalue weighted by molar-refractivity contribution is 14.0. The first-order valence-electron chi connectivity index (χ1n) is 9.63. The van der Waals surface area contributed by atoms with Crippen molar-refractivity contribution in [2.24, 2.45) is 4.99 Å². The minimum Gasteiger partial charge on any atom is -0.357 e. The van der Waals surface area contributed by atoms with Gasteiger partial charge in [0.1, 0.15) is 5.82 Å². The third-order valence-corrected chi connectivity index (χ3v) is 5.80. The van der Waals surface area contributed by atoms with Crippen molar-refractivity contribution in [2.75, 3.05) is 26.7 Å². The molecule has 1 aromatic carbocycles. The fourth-order valence-electron chi connectivity index (χ4n) is 3.29. The van der Waals surface area contributed by atoms with Gasteiger partial charge in [-0.2, -0.15) is 0 Å². The van der Waals surface area contributed by atoms with Crippen LogP contribution >= 0.6 is 35.3 Å². The summed E-state index contributed by atoms with van der Waals surface area (Å²) in [6.07, 6.45) is 1.35. The molecule has 1 aliphatic heterocycles. The van der Waals surface area contributed by atoms with Crippen molar-refractivity contribution in [1.82, 2.24) is 15.1 Å². The fourth-order valence-corrected chi connectivity index (χ4v) is 4.17. The van der Waals surface area contributed by atoms with Crippen LogP contribution in [0.5, 0.6) is 0 Å². The van der Waals surface area contributed by atoms with Gasteiger partial charge in [0.05, 0.1) is 6.54 Å². The van der Waals surface area contributed by atoms with Gasteiger partial charge in [-0.05, 0) is 48.1 Å². The van der Waals surface area contributed by atoms with Crippen LogP contribution in [0, 0.1) is 5.82 Å². The lowest BCUT2D eigenvalue weighted by atomic mass is 10.1. The largest absolute Gasteiger partial charge is 0.357 e. The molecule has 0 aliphatic carbocycles. The van der Waals surface area contributed by atoms with Crippen molar-refractivity contribution in [2.45, 2.75) is 32.9 Å². The molecule has 5 nitrogen and oxygen atoms in total. The first-order valence-corrected chi connectivity index (χ1v) is 10.5. The van der Waals surface area contributed by atoms with Gasteiger partial charge in [-0.3, -0.25) is 9.79 Å². The molecule has 0 fully saturated rings. The smallest absolute Gasteiger partial charge is 0.224 e. The van der Waals surface area contributed by atoms with Crippen LogP contribution < -0.4 is 5.32 Å². The highest BCUT2D eigenvalue weighted by Crippen LogP contribution is 2.24. The van der Waals surface area contributed by atoms with Crippen LogP contribution in [-0.4, -0.2) is 48.3 Å². The van der Waals surface area contributed by atoms with E-state index in [1.54, 1.807) is 23.5 Å². The third kappa shape index (κ3) is 6.67. The van der Waals surface area contributed by atoms with Gasteiger partial charge >= 0.3 is 0 Å². The van der Waals surface area contributed by atoms with E-state index >= 15 is 0 Å². The molecule has 158 valence electrons. The van der Waals surface area contributed by atoms with E-state index in [-0.39, 0.29) is 35.7 Å². The molecule has 2 aromatic rings. The summed E-state index contributed by atoms with van der Waals surface area (Å²) in [6, 6.07) is 8.58. The Kier molecular flexibility index (Phi) is 9.35. The SMILES string of the molecule is CCNC(=NCCC(=O)N1CCc2sccc2C1)N(C)Cc1ccc(F)cc1.I. The number of carbonyl (C=O) groups is 1. The summed E-state index contributed by atoms with van der Waals surface area (Å²) in [4.78, 5) is 22.5. The number of hydrogen-bond donors (Lipinski definition) is 1. The molecule has 0 spiro atoms. The monoisotopic (exact) mass is 530 g/mol. The van der Waals surface area contributed by atoms with Gasteiger partial charge in [0.2, 0.25) is 5.91 Å². The molecule has 1 aromatic heterocycles. The lowest BCUT2D eigenvalue weighted by Crippen LogP contribution is -2.39. The first kappa shape index (κ1) is 23.6. The number of hydrogen-bond acceptors (Lipinski definition) is 3. The van der Waals surface area contributed by atoms with Crippen LogP contribution in [0.1, 0.15) is 29.3 Å². The van der Waals surface area contributed by atoms with Gasteiger partial charge in [-0.25, -0.2) is 4.39 Å². The Balaban J connectivity index is 0.00000300. The summed E-state index contributed by atoms with van der Waals surface area (Å²) in [7, 11) is 1.94. The number of aliphatic imine (C=N–C) groups is 1. The molecule has 1 N–H and O–H groups in total. The summed E-state index contributed by atoms with van der Waals surface area (Å²) < 4.78 is 13.1. The Bertz CT molecular complexity index is 824. The Labute approximate surface area is 193 Å². The van der Waals surface area contributed by atoms with Crippen molar-refractivity contribution in [3.05, 3.63) is 57.5 Å². The molecule has 8 heteroatoms. The maximum atomic E-state index is 13.1. The zero-order chi connectivity index (χ0) is 19.9. The topological polar surface area (TPSA) is 47.9 Å². The summed E-state index contributed by atoms with van der Waals surface area (Å²) in [5, 5.41) is 5.35. The maximum absolute atomic E-state index is 13.1. The van der Waals surface area contributed by atoms with Crippen molar-refractivity contribution < 1.29 is 9.18 Å². The molecule has 1 aliphatic rings. The summed E-state index contributed by atoms with van der Waals surface area (Å²) in [5.41, 5.74) is 2.28. The number of fused-ring (bicyclic) bond motifs is 1. The van der Waals surface area contributed by atoms with E-state index in [9.17, 15) is 9.18 Å². The summed E-state index contributed by atoms with van der Waals surface area (Å²) in [5.74, 6) is 0.661. The van der Waals surface area contributed by atoms with E-state index in [1.807, 2.05) is 23.8 Å². The predicted molar refractivity (Wildman–Crippen MR) is 127 cm³/mol. The molecular formula is C21H28FIN4OS. The van der Waals surface area contributed by atoms with E-state index in [0.717, 1.165) is 31.0 Å². The zero-order valence-electron chi connectivity index (χ0n) is 16.9. The highest BCUT2D eigenvalue weighted by Gasteiger charge is 2.21. The van der Waals surface area contributed by atoms with Crippen LogP contribution in [0.2, 0.25) is 0 Å². The number of nitrogens with one attached hydrogen (secondary N) is 1. The van der Waals surface area contributed by atoms with E-state index in [1.165, 1.54) is 22.6 Å². The molecular weight excluding hydrogens is 502 g/mol. The molecule has 0 bridgehead atoms. The van der Waals surface area contributed by atoms with Crippen LogP contribution in [0.3, 0.4) is 0 Å². The van der Waals surface area contributed by atoms with Gasteiger partial charge in [-0.15, -0.1) is 35.3 Å². The summed E-state index contributed by atoms with van der Waals surface area (Å²) in [6.45, 7) is 5.33. The van der Waals surface area contributed by atoms with Gasteiger partial charge < -0.3 is 15.1 Å². The lowest BCUT2D eigenvalue weighted by Gasteiger charge is -2.27. The average Bonchev–Trinajstić information content (AvgIpc) is 3.16. The van der Waals surface area contributed by atoms with Crippen LogP contribution in [-0.2, 0) is 24.3 Å². The van der Waals surface area contributed by atoms with Crippen molar-refractivity contribution in [3.8, 4) is 0 Å². The van der Waals surface area contributed by atoms with Crippen molar-refractivity contribution in [1.29, 1.82) is 0 Å². The molecule has 0 unspecified atom stereocenters. The van der Waals surface area contributed by atoms with Crippen LogP contribution in [0.25, 0.3) is 0 Å². The van der Waals surface area contributed by atoms with E-state index < -0.39 is 0 Å². The second-order valence-electron chi connectivity index (χ2n) is 6.90. The van der Waals surface area contributed by atoms with Gasteiger partial charge in [0.15, 0.2) is 5.96 Å². The molecule has 0 saturated heterocycles. The van der Waals surface area contributed by atoms with Gasteiger partial charge in [0, 0.05) is 44.5 Å². The van der Waals surface area contributed by atoms with Gasteiger partial charge in [-0.1, -0.05) is 12.1 Å². The maximum Gasteiger partial charge on any atom is 0.224 e. The van der Waals surface area contributed by atoms with Crippen molar-refractivity contribution in [3.63, 3.8) is 0 Å². The first-order chi connectivity index (χ1) is 13.6. The van der Waals surface area contributed by atoms with Gasteiger partial charge in [0.25, 0.3) is 0 Å². The number of nitrogens with zero attached hydrogens (tertiary/aromatic N) is 3. The fraction of sp³-hybridized carbons (Fsp3) is 0.429. The Hall–Kier alpha value is -1.68. The second-order valence-corrected chi connectivity index (χ2v) is 7.90. The number of thiophene rings is 1. The zero-order valence-corrected chi connectivity index (χ0v) is 20.0. The lowest BCUT2D eigenvalue weighted by molar-refractivity contribution is -0.131. The third-order valence-electron chi connectivity index (χ3n) is 4.78. The quantitative estimate of drug-likeness (QED) is 0.351. The van der Waals surface area contributed by atoms with Crippen LogP contribution in [0.4, 0.5) is 4.39 Å². The van der Waals surface area contributed by atoms with Crippen molar-refractivity contribution >= 4 is 47.2 Å². The molecule has 29 heavy (non-hydrogen) atoms. The molecule has 0 radical (unpaired) electrons. The van der Waals surface area contributed by atoms with E-state index in [2.05, 4.69) is 21.8 Å². The molecule has 0 saturated carbocycles. The minimum atomic E-state index is -0.238. The normalized spacial score (nSPS) is 13.5. The molecule has 0 atom stereocenters. The molecule has 3 rings (SSSR count). The number of carbonyl (C=O) groups excluding carboxylic acids is 1. The van der Waals surface area contributed by atoms with E-state index in [4.69, 9.17) is 0 Å². The van der Waals surface area contributed by atoms with Crippen LogP contribution in [0.15, 0.2) is 40.7 Å². The number of rotatable bonds is 6. The number of halogens is 2. The standard InChI is InChI=1S/C21H27FN4OS.HI/c1-3-23-21(25(2)14-16-4-6-18(22)7-5-16)24-11-8-20(27)26-12-9-19-17(15-26)10-13-28-19;/h4-7,10,13H,3,8-9,11-12,14-15H2,1-2H3,(H,23,24);1H. The minimum absolute atomic E-state index is 0. The number of guanidine groups is 1. The average molecular weight is 530 g/mol. The Morgan fingerprint density at radius 2 is 2.07 bits per heavy atom. The van der Waals surface area contributed by atoms with E-state index in [0.29, 0.717) is 26.1 Å². The highest BCUT2D eigenvalue weighted by atomic mass is 127. The Morgan fingerprint density at radius 3 is 2.79 bits per heavy atom. The predicted octanol–water partition coefficient (Wildman–Crippen LogP) is 3.88. The second kappa shape index (κ2) is 11.5. The summed E-state index contributed by atoms with van der Waals surface area (Å²) >= 11 is 1.78. The molecule has 2 heterocycles. The molecule has 1 amide bonds.